The van der Waals surface area contributed by atoms with E-state index in [9.17, 15) is 4.79 Å². The van der Waals surface area contributed by atoms with Gasteiger partial charge in [0, 0.05) is 30.9 Å². The Morgan fingerprint density at radius 2 is 2.00 bits per heavy atom. The molecule has 1 aliphatic heterocycles. The number of hydrogen-bond acceptors (Lipinski definition) is 6. The van der Waals surface area contributed by atoms with Crippen molar-refractivity contribution in [3.63, 3.8) is 0 Å². The molecule has 1 saturated heterocycles. The number of carbonyl (C=O) groups is 1. The fourth-order valence-electron chi connectivity index (χ4n) is 3.36. The first-order valence-corrected chi connectivity index (χ1v) is 10.8. The van der Waals surface area contributed by atoms with Crippen LogP contribution < -0.4 is 10.2 Å². The van der Waals surface area contributed by atoms with Crippen molar-refractivity contribution in [2.75, 3.05) is 18.0 Å². The molecule has 1 fully saturated rings. The van der Waals surface area contributed by atoms with Gasteiger partial charge in [-0.25, -0.2) is 4.98 Å². The van der Waals surface area contributed by atoms with Gasteiger partial charge in [-0.15, -0.1) is 11.3 Å². The molecule has 0 radical (unpaired) electrons. The van der Waals surface area contributed by atoms with E-state index in [2.05, 4.69) is 46.3 Å². The third kappa shape index (κ3) is 3.76. The molecule has 0 spiro atoms. The SMILES string of the molecule is CC(C)C(C)NC(=O)c1cnc(-c2noc3cc(N4CCCCC4)ccc23)s1. The van der Waals surface area contributed by atoms with Gasteiger partial charge in [0.2, 0.25) is 0 Å². The van der Waals surface area contributed by atoms with Gasteiger partial charge in [0.15, 0.2) is 5.58 Å². The van der Waals surface area contributed by atoms with Crippen molar-refractivity contribution >= 4 is 33.9 Å². The Hall–Kier alpha value is -2.41. The van der Waals surface area contributed by atoms with Crippen LogP contribution in [0.3, 0.4) is 0 Å². The number of benzene rings is 1. The molecule has 1 atom stereocenters. The van der Waals surface area contributed by atoms with E-state index < -0.39 is 0 Å². The lowest BCUT2D eigenvalue weighted by molar-refractivity contribution is 0.0934. The van der Waals surface area contributed by atoms with Crippen molar-refractivity contribution in [2.45, 2.75) is 46.1 Å². The number of anilines is 1. The van der Waals surface area contributed by atoms with Crippen LogP contribution in [0.4, 0.5) is 5.69 Å². The molecule has 3 heterocycles. The Bertz CT molecular complexity index is 972. The van der Waals surface area contributed by atoms with E-state index in [1.165, 1.54) is 36.3 Å². The summed E-state index contributed by atoms with van der Waals surface area (Å²) in [5.41, 5.74) is 2.63. The lowest BCUT2D eigenvalue weighted by atomic mass is 10.1. The molecule has 0 aliphatic carbocycles. The highest BCUT2D eigenvalue weighted by molar-refractivity contribution is 7.17. The molecule has 148 valence electrons. The Balaban J connectivity index is 1.56. The molecule has 7 heteroatoms. The summed E-state index contributed by atoms with van der Waals surface area (Å²) in [7, 11) is 0. The van der Waals surface area contributed by atoms with E-state index in [1.807, 2.05) is 13.0 Å². The highest BCUT2D eigenvalue weighted by Gasteiger charge is 2.20. The van der Waals surface area contributed by atoms with E-state index in [1.54, 1.807) is 6.20 Å². The maximum Gasteiger partial charge on any atom is 0.263 e. The summed E-state index contributed by atoms with van der Waals surface area (Å²) >= 11 is 1.34. The van der Waals surface area contributed by atoms with E-state index in [0.717, 1.165) is 24.1 Å². The molecule has 1 aromatic carbocycles. The number of thiazole rings is 1. The first-order chi connectivity index (χ1) is 13.5. The maximum absolute atomic E-state index is 12.4. The quantitative estimate of drug-likeness (QED) is 0.673. The van der Waals surface area contributed by atoms with Crippen LogP contribution in [0.1, 0.15) is 49.7 Å². The number of amides is 1. The predicted molar refractivity (Wildman–Crippen MR) is 113 cm³/mol. The number of rotatable bonds is 5. The molecule has 0 bridgehead atoms. The zero-order valence-electron chi connectivity index (χ0n) is 16.6. The minimum absolute atomic E-state index is 0.0925. The monoisotopic (exact) mass is 398 g/mol. The molecule has 1 N–H and O–H groups in total. The smallest absolute Gasteiger partial charge is 0.263 e. The number of nitrogens with zero attached hydrogens (tertiary/aromatic N) is 3. The van der Waals surface area contributed by atoms with Crippen LogP contribution in [0, 0.1) is 5.92 Å². The van der Waals surface area contributed by atoms with E-state index >= 15 is 0 Å². The summed E-state index contributed by atoms with van der Waals surface area (Å²) in [5.74, 6) is 0.287. The summed E-state index contributed by atoms with van der Waals surface area (Å²) in [4.78, 5) is 19.8. The largest absolute Gasteiger partial charge is 0.371 e. The van der Waals surface area contributed by atoms with Crippen LogP contribution in [-0.2, 0) is 0 Å². The third-order valence-electron chi connectivity index (χ3n) is 5.47. The van der Waals surface area contributed by atoms with Gasteiger partial charge in [-0.05, 0) is 44.2 Å². The summed E-state index contributed by atoms with van der Waals surface area (Å²) < 4.78 is 5.59. The van der Waals surface area contributed by atoms with Gasteiger partial charge >= 0.3 is 0 Å². The molecule has 1 aliphatic rings. The first kappa shape index (κ1) is 18.9. The number of carbonyl (C=O) groups excluding carboxylic acids is 1. The Kier molecular flexibility index (Phi) is 5.35. The van der Waals surface area contributed by atoms with Gasteiger partial charge in [-0.3, -0.25) is 4.79 Å². The molecule has 0 saturated carbocycles. The summed E-state index contributed by atoms with van der Waals surface area (Å²) in [6.07, 6.45) is 5.39. The fraction of sp³-hybridized carbons (Fsp3) is 0.476. The van der Waals surface area contributed by atoms with E-state index in [4.69, 9.17) is 4.52 Å². The standard InChI is InChI=1S/C21H26N4O2S/c1-13(2)14(3)23-20(26)18-12-22-21(28-18)19-16-8-7-15(11-17(16)27-24-19)25-9-5-4-6-10-25/h7-8,11-14H,4-6,9-10H2,1-3H3,(H,23,26). The average molecular weight is 399 g/mol. The second-order valence-corrected chi connectivity index (χ2v) is 8.83. The highest BCUT2D eigenvalue weighted by atomic mass is 32.1. The Labute approximate surface area is 168 Å². The first-order valence-electron chi connectivity index (χ1n) is 9.94. The van der Waals surface area contributed by atoms with E-state index in [0.29, 0.717) is 21.5 Å². The van der Waals surface area contributed by atoms with Gasteiger partial charge in [-0.2, -0.15) is 0 Å². The number of fused-ring (bicyclic) bond motifs is 1. The molecular weight excluding hydrogens is 372 g/mol. The average Bonchev–Trinajstić information content (AvgIpc) is 3.35. The molecule has 2 aromatic heterocycles. The van der Waals surface area contributed by atoms with E-state index in [-0.39, 0.29) is 11.9 Å². The normalized spacial score (nSPS) is 15.9. The van der Waals surface area contributed by atoms with Crippen molar-refractivity contribution in [1.82, 2.24) is 15.5 Å². The molecular formula is C21H26N4O2S. The van der Waals surface area contributed by atoms with Crippen LogP contribution in [0.25, 0.3) is 21.7 Å². The van der Waals surface area contributed by atoms with Crippen molar-refractivity contribution in [3.05, 3.63) is 29.3 Å². The number of aromatic nitrogens is 2. The van der Waals surface area contributed by atoms with Crippen LogP contribution in [0.15, 0.2) is 28.9 Å². The maximum atomic E-state index is 12.4. The second kappa shape index (κ2) is 7.91. The third-order valence-corrected chi connectivity index (χ3v) is 6.47. The van der Waals surface area contributed by atoms with Crippen molar-refractivity contribution in [3.8, 4) is 10.7 Å². The predicted octanol–water partition coefficient (Wildman–Crippen LogP) is 4.72. The van der Waals surface area contributed by atoms with Crippen molar-refractivity contribution in [2.24, 2.45) is 5.92 Å². The number of nitrogens with one attached hydrogen (secondary N) is 1. The molecule has 3 aromatic rings. The van der Waals surface area contributed by atoms with Crippen molar-refractivity contribution < 1.29 is 9.32 Å². The summed E-state index contributed by atoms with van der Waals surface area (Å²) in [5, 5.41) is 8.88. The van der Waals surface area contributed by atoms with Crippen LogP contribution in [0.2, 0.25) is 0 Å². The molecule has 4 rings (SSSR count). The van der Waals surface area contributed by atoms with Crippen LogP contribution in [-0.4, -0.2) is 35.2 Å². The van der Waals surface area contributed by atoms with Crippen LogP contribution in [0.5, 0.6) is 0 Å². The minimum Gasteiger partial charge on any atom is -0.371 e. The van der Waals surface area contributed by atoms with Crippen molar-refractivity contribution in [1.29, 1.82) is 0 Å². The molecule has 6 nitrogen and oxygen atoms in total. The molecule has 28 heavy (non-hydrogen) atoms. The van der Waals surface area contributed by atoms with Gasteiger partial charge in [0.1, 0.15) is 15.6 Å². The second-order valence-electron chi connectivity index (χ2n) is 7.80. The fourth-order valence-corrected chi connectivity index (χ4v) is 4.18. The van der Waals surface area contributed by atoms with Gasteiger partial charge < -0.3 is 14.7 Å². The topological polar surface area (TPSA) is 71.3 Å². The number of piperidine rings is 1. The Morgan fingerprint density at radius 1 is 1.21 bits per heavy atom. The number of hydrogen-bond donors (Lipinski definition) is 1. The molecule has 1 unspecified atom stereocenters. The summed E-state index contributed by atoms with van der Waals surface area (Å²) in [6, 6.07) is 6.34. The van der Waals surface area contributed by atoms with Gasteiger partial charge in [-0.1, -0.05) is 19.0 Å². The minimum atomic E-state index is -0.0925. The summed E-state index contributed by atoms with van der Waals surface area (Å²) in [6.45, 7) is 8.36. The lowest BCUT2D eigenvalue weighted by Gasteiger charge is -2.28. The lowest BCUT2D eigenvalue weighted by Crippen LogP contribution is -2.35. The Morgan fingerprint density at radius 3 is 2.75 bits per heavy atom. The van der Waals surface area contributed by atoms with Crippen LogP contribution >= 0.6 is 11.3 Å². The molecule has 1 amide bonds. The highest BCUT2D eigenvalue weighted by Crippen LogP contribution is 2.33. The zero-order chi connectivity index (χ0) is 19.7. The van der Waals surface area contributed by atoms with Gasteiger partial charge in [0.25, 0.3) is 5.91 Å². The zero-order valence-corrected chi connectivity index (χ0v) is 17.4. The van der Waals surface area contributed by atoms with Gasteiger partial charge in [0.05, 0.1) is 11.6 Å².